The monoisotopic (exact) mass is 762 g/mol. The van der Waals surface area contributed by atoms with Gasteiger partial charge >= 0.3 is 23.9 Å². The molecule has 1 aromatic rings. The molecule has 0 saturated carbocycles. The Morgan fingerprint density at radius 2 is 1.37 bits per heavy atom. The number of thioether (sulfide) groups is 2. The number of carbonyl (C=O) groups is 4. The van der Waals surface area contributed by atoms with Crippen LogP contribution in [0.4, 0.5) is 0 Å². The van der Waals surface area contributed by atoms with E-state index in [1.165, 1.54) is 0 Å². The summed E-state index contributed by atoms with van der Waals surface area (Å²) in [5.74, 6) is 0.236. The van der Waals surface area contributed by atoms with Gasteiger partial charge in [-0.25, -0.2) is 0 Å². The number of esters is 4. The maximum absolute atomic E-state index is 12.5. The molecule has 51 heavy (non-hydrogen) atoms. The van der Waals surface area contributed by atoms with Crippen molar-refractivity contribution in [1.29, 1.82) is 0 Å². The average Bonchev–Trinajstić information content (AvgIpc) is 3.54. The maximum atomic E-state index is 12.5. The van der Waals surface area contributed by atoms with Crippen molar-refractivity contribution in [2.75, 3.05) is 76.7 Å². The summed E-state index contributed by atoms with van der Waals surface area (Å²) in [6, 6.07) is 0. The first-order valence-electron chi connectivity index (χ1n) is 17.6. The minimum atomic E-state index is -0.455. The second-order valence-electron chi connectivity index (χ2n) is 13.5. The molecule has 0 radical (unpaired) electrons. The normalized spacial score (nSPS) is 13.1. The number of nitrogens with zero attached hydrogens (tertiary/aromatic N) is 4. The molecule has 16 heteroatoms. The molecule has 0 saturated heterocycles. The Labute approximate surface area is 313 Å². The Morgan fingerprint density at radius 3 is 1.90 bits per heavy atom. The standard InChI is InChI=1S/C35H62N4O10S2/c1-10-51-26-28(3)33(43)48-22-20-46-31(41)12-16-38(15-11-30(40)45-19-21-47-32(42)27(2)25-50-9)23-29-24-39(37-36-29)17-13-35(6,7)49-18-14-34(4,5)44-8/h24,27-28H,10-23,25-26H2,1-9H3. The number of ether oxygens (including phenoxy) is 6. The molecule has 0 N–H and O–H groups in total. The van der Waals surface area contributed by atoms with Crippen molar-refractivity contribution in [2.45, 2.75) is 98.4 Å². The summed E-state index contributed by atoms with van der Waals surface area (Å²) < 4.78 is 34.3. The van der Waals surface area contributed by atoms with Gasteiger partial charge in [0.1, 0.15) is 26.4 Å². The summed E-state index contributed by atoms with van der Waals surface area (Å²) >= 11 is 3.22. The summed E-state index contributed by atoms with van der Waals surface area (Å²) in [4.78, 5) is 51.0. The van der Waals surface area contributed by atoms with Crippen LogP contribution in [0.1, 0.15) is 79.8 Å². The van der Waals surface area contributed by atoms with Gasteiger partial charge in [0, 0.05) is 51.0 Å². The van der Waals surface area contributed by atoms with Crippen LogP contribution in [0.3, 0.4) is 0 Å². The molecule has 0 aliphatic rings. The van der Waals surface area contributed by atoms with Gasteiger partial charge in [-0.05, 0) is 52.5 Å². The van der Waals surface area contributed by atoms with Gasteiger partial charge in [-0.2, -0.15) is 23.5 Å². The van der Waals surface area contributed by atoms with Crippen molar-refractivity contribution in [2.24, 2.45) is 11.8 Å². The van der Waals surface area contributed by atoms with Gasteiger partial charge in [0.15, 0.2) is 0 Å². The van der Waals surface area contributed by atoms with E-state index in [0.717, 1.165) is 12.2 Å². The zero-order valence-electron chi connectivity index (χ0n) is 32.2. The van der Waals surface area contributed by atoms with E-state index in [1.807, 2.05) is 58.9 Å². The van der Waals surface area contributed by atoms with Crippen LogP contribution in [0.15, 0.2) is 6.20 Å². The molecule has 0 aromatic carbocycles. The van der Waals surface area contributed by atoms with Crippen LogP contribution in [0, 0.1) is 11.8 Å². The minimum absolute atomic E-state index is 0.0108. The van der Waals surface area contributed by atoms with Gasteiger partial charge in [-0.3, -0.25) is 28.8 Å². The lowest BCUT2D eigenvalue weighted by molar-refractivity contribution is -0.154. The van der Waals surface area contributed by atoms with Crippen LogP contribution in [0.5, 0.6) is 0 Å². The number of methoxy groups -OCH3 is 1. The Kier molecular flexibility index (Phi) is 23.4. The SMILES string of the molecule is CCSCC(C)C(=O)OCCOC(=O)CCN(CCC(=O)OCCOC(=O)C(C)CSC)Cc1cn(CCC(C)(C)OCCC(C)(C)OC)nn1. The molecule has 2 unspecified atom stereocenters. The first-order valence-corrected chi connectivity index (χ1v) is 20.2. The second kappa shape index (κ2) is 25.6. The Morgan fingerprint density at radius 1 is 0.824 bits per heavy atom. The summed E-state index contributed by atoms with van der Waals surface area (Å²) in [6.45, 7) is 15.7. The average molecular weight is 763 g/mol. The summed E-state index contributed by atoms with van der Waals surface area (Å²) in [5.41, 5.74) is 0.0434. The van der Waals surface area contributed by atoms with Gasteiger partial charge in [-0.15, -0.1) is 5.10 Å². The summed E-state index contributed by atoms with van der Waals surface area (Å²) in [7, 11) is 1.69. The molecule has 1 rings (SSSR count). The molecule has 0 amide bonds. The van der Waals surface area contributed by atoms with E-state index in [1.54, 1.807) is 42.2 Å². The van der Waals surface area contributed by atoms with Crippen LogP contribution in [-0.4, -0.2) is 132 Å². The molecule has 0 spiro atoms. The smallest absolute Gasteiger partial charge is 0.309 e. The van der Waals surface area contributed by atoms with Crippen molar-refractivity contribution < 1.29 is 47.6 Å². The molecular formula is C35H62N4O10S2. The van der Waals surface area contributed by atoms with Crippen molar-refractivity contribution >= 4 is 47.4 Å². The summed E-state index contributed by atoms with van der Waals surface area (Å²) in [5, 5.41) is 8.58. The van der Waals surface area contributed by atoms with E-state index in [4.69, 9.17) is 28.4 Å². The van der Waals surface area contributed by atoms with E-state index in [-0.39, 0.29) is 87.3 Å². The van der Waals surface area contributed by atoms with Gasteiger partial charge in [-0.1, -0.05) is 26.0 Å². The van der Waals surface area contributed by atoms with Crippen molar-refractivity contribution in [3.8, 4) is 0 Å². The lowest BCUT2D eigenvalue weighted by Gasteiger charge is -2.28. The van der Waals surface area contributed by atoms with E-state index < -0.39 is 11.9 Å². The third-order valence-corrected chi connectivity index (χ3v) is 9.88. The van der Waals surface area contributed by atoms with E-state index >= 15 is 0 Å². The molecule has 2 atom stereocenters. The largest absolute Gasteiger partial charge is 0.462 e. The molecule has 0 bridgehead atoms. The number of carbonyl (C=O) groups excluding carboxylic acids is 4. The van der Waals surface area contributed by atoms with Crippen molar-refractivity contribution in [3.63, 3.8) is 0 Å². The highest BCUT2D eigenvalue weighted by atomic mass is 32.2. The Hall–Kier alpha value is -2.40. The van der Waals surface area contributed by atoms with Gasteiger partial charge < -0.3 is 28.4 Å². The predicted octanol–water partition coefficient (Wildman–Crippen LogP) is 4.42. The van der Waals surface area contributed by atoms with Crippen molar-refractivity contribution in [3.05, 3.63) is 11.9 Å². The molecule has 0 aliphatic carbocycles. The topological polar surface area (TPSA) is 158 Å². The van der Waals surface area contributed by atoms with Crippen LogP contribution in [0.25, 0.3) is 0 Å². The number of aromatic nitrogens is 3. The van der Waals surface area contributed by atoms with Gasteiger partial charge in [0.05, 0.1) is 48.2 Å². The number of hydrogen-bond acceptors (Lipinski definition) is 15. The molecule has 294 valence electrons. The molecule has 0 fully saturated rings. The second-order valence-corrected chi connectivity index (χ2v) is 15.7. The van der Waals surface area contributed by atoms with Gasteiger partial charge in [0.25, 0.3) is 0 Å². The first-order chi connectivity index (χ1) is 24.1. The first kappa shape index (κ1) is 46.6. The fourth-order valence-electron chi connectivity index (χ4n) is 4.35. The third kappa shape index (κ3) is 22.3. The van der Waals surface area contributed by atoms with E-state index in [9.17, 15) is 19.2 Å². The predicted molar refractivity (Wildman–Crippen MR) is 198 cm³/mol. The molecule has 0 aliphatic heterocycles. The molecular weight excluding hydrogens is 701 g/mol. The van der Waals surface area contributed by atoms with Crippen LogP contribution in [-0.2, 0) is 60.7 Å². The van der Waals surface area contributed by atoms with Gasteiger partial charge in [0.2, 0.25) is 0 Å². The van der Waals surface area contributed by atoms with Crippen LogP contribution >= 0.6 is 23.5 Å². The van der Waals surface area contributed by atoms with Crippen LogP contribution < -0.4 is 0 Å². The fraction of sp³-hybridized carbons (Fsp3) is 0.829. The zero-order chi connectivity index (χ0) is 38.3. The zero-order valence-corrected chi connectivity index (χ0v) is 33.9. The molecule has 1 aromatic heterocycles. The summed E-state index contributed by atoms with van der Waals surface area (Å²) in [6.07, 6.45) is 5.34. The Balaban J connectivity index is 2.68. The van der Waals surface area contributed by atoms with E-state index in [2.05, 4.69) is 10.3 Å². The lowest BCUT2D eigenvalue weighted by Crippen LogP contribution is -2.31. The highest BCUT2D eigenvalue weighted by Crippen LogP contribution is 2.20. The molecule has 1 heterocycles. The van der Waals surface area contributed by atoms with E-state index in [0.29, 0.717) is 43.3 Å². The number of rotatable bonds is 29. The minimum Gasteiger partial charge on any atom is -0.462 e. The fourth-order valence-corrected chi connectivity index (χ4v) is 5.72. The highest BCUT2D eigenvalue weighted by molar-refractivity contribution is 7.99. The van der Waals surface area contributed by atoms with Crippen LogP contribution in [0.2, 0.25) is 0 Å². The Bertz CT molecular complexity index is 1170. The molecule has 14 nitrogen and oxygen atoms in total. The maximum Gasteiger partial charge on any atom is 0.309 e. The highest BCUT2D eigenvalue weighted by Gasteiger charge is 2.23. The lowest BCUT2D eigenvalue weighted by atomic mass is 10.0. The third-order valence-electron chi connectivity index (χ3n) is 7.90. The quantitative estimate of drug-likeness (QED) is 0.0641. The van der Waals surface area contributed by atoms with Crippen molar-refractivity contribution in [1.82, 2.24) is 19.9 Å². The number of aryl methyl sites for hydroxylation is 1. The number of hydrogen-bond donors (Lipinski definition) is 0.